The number of hydrogen-bond donors (Lipinski definition) is 1. The molecule has 0 saturated carbocycles. The van der Waals surface area contributed by atoms with Gasteiger partial charge in [-0.05, 0) is 33.6 Å². The van der Waals surface area contributed by atoms with Crippen LogP contribution in [-0.2, 0) is 14.3 Å². The number of aliphatic hydroxyl groups excluding tert-OH is 1. The fourth-order valence-corrected chi connectivity index (χ4v) is 1.57. The van der Waals surface area contributed by atoms with Crippen LogP contribution in [0.2, 0.25) is 0 Å². The van der Waals surface area contributed by atoms with Gasteiger partial charge in [-0.3, -0.25) is 4.90 Å². The standard InChI is InChI=1S/C14H27NO5/c1-8-19-12(17)10(11(16)9(2)3)15(7)13(18)20-14(4,5)6/h9-11,16H,8H2,1-7H3. The fourth-order valence-electron chi connectivity index (χ4n) is 1.57. The Balaban J connectivity index is 5.11. The summed E-state index contributed by atoms with van der Waals surface area (Å²) in [5.41, 5.74) is -0.673. The van der Waals surface area contributed by atoms with Crippen molar-refractivity contribution >= 4 is 12.1 Å². The van der Waals surface area contributed by atoms with Gasteiger partial charge in [0.1, 0.15) is 5.60 Å². The molecule has 118 valence electrons. The number of amides is 1. The molecule has 2 unspecified atom stereocenters. The van der Waals surface area contributed by atoms with Crippen molar-refractivity contribution in [1.29, 1.82) is 0 Å². The number of carbonyl (C=O) groups excluding carboxylic acids is 2. The van der Waals surface area contributed by atoms with E-state index in [2.05, 4.69) is 0 Å². The monoisotopic (exact) mass is 289 g/mol. The van der Waals surface area contributed by atoms with Crippen molar-refractivity contribution in [3.05, 3.63) is 0 Å². The molecule has 0 saturated heterocycles. The average Bonchev–Trinajstić information content (AvgIpc) is 2.26. The Bertz CT molecular complexity index is 335. The summed E-state index contributed by atoms with van der Waals surface area (Å²) in [5.74, 6) is -0.837. The molecule has 0 aliphatic rings. The van der Waals surface area contributed by atoms with Crippen LogP contribution in [0.4, 0.5) is 4.79 Å². The second-order valence-electron chi connectivity index (χ2n) is 6.02. The number of carbonyl (C=O) groups is 2. The first-order valence-corrected chi connectivity index (χ1v) is 6.81. The molecule has 0 heterocycles. The molecule has 6 heteroatoms. The number of hydrogen-bond acceptors (Lipinski definition) is 5. The average molecular weight is 289 g/mol. The molecule has 0 rings (SSSR count). The normalized spacial score (nSPS) is 14.7. The maximum Gasteiger partial charge on any atom is 0.410 e. The van der Waals surface area contributed by atoms with Crippen LogP contribution in [0, 0.1) is 5.92 Å². The minimum absolute atomic E-state index is 0.183. The summed E-state index contributed by atoms with van der Waals surface area (Å²) in [6.45, 7) is 10.6. The molecule has 0 aromatic carbocycles. The van der Waals surface area contributed by atoms with E-state index in [9.17, 15) is 14.7 Å². The topological polar surface area (TPSA) is 76.1 Å². The van der Waals surface area contributed by atoms with Crippen molar-refractivity contribution in [3.63, 3.8) is 0 Å². The van der Waals surface area contributed by atoms with Crippen molar-refractivity contribution < 1.29 is 24.2 Å². The van der Waals surface area contributed by atoms with Crippen molar-refractivity contribution in [2.45, 2.75) is 59.3 Å². The third-order valence-electron chi connectivity index (χ3n) is 2.63. The Morgan fingerprint density at radius 1 is 1.25 bits per heavy atom. The summed E-state index contributed by atoms with van der Waals surface area (Å²) in [7, 11) is 1.42. The largest absolute Gasteiger partial charge is 0.464 e. The van der Waals surface area contributed by atoms with E-state index in [0.717, 1.165) is 4.90 Å². The summed E-state index contributed by atoms with van der Waals surface area (Å²) in [6.07, 6.45) is -1.69. The highest BCUT2D eigenvalue weighted by atomic mass is 16.6. The van der Waals surface area contributed by atoms with Crippen molar-refractivity contribution in [2.75, 3.05) is 13.7 Å². The number of likely N-dealkylation sites (N-methyl/N-ethyl adjacent to an activating group) is 1. The van der Waals surface area contributed by atoms with E-state index < -0.39 is 29.8 Å². The molecule has 1 amide bonds. The quantitative estimate of drug-likeness (QED) is 0.781. The number of aliphatic hydroxyl groups is 1. The molecule has 1 N–H and O–H groups in total. The van der Waals surface area contributed by atoms with Gasteiger partial charge in [-0.25, -0.2) is 9.59 Å². The third-order valence-corrected chi connectivity index (χ3v) is 2.63. The summed E-state index contributed by atoms with van der Waals surface area (Å²) >= 11 is 0. The van der Waals surface area contributed by atoms with Crippen molar-refractivity contribution in [2.24, 2.45) is 5.92 Å². The van der Waals surface area contributed by atoms with Crippen LogP contribution in [0.5, 0.6) is 0 Å². The highest BCUT2D eigenvalue weighted by Gasteiger charge is 2.38. The first kappa shape index (κ1) is 18.7. The Morgan fingerprint density at radius 3 is 2.10 bits per heavy atom. The van der Waals surface area contributed by atoms with Crippen LogP contribution in [-0.4, -0.2) is 53.5 Å². The summed E-state index contributed by atoms with van der Waals surface area (Å²) in [6, 6.07) is -1.08. The van der Waals surface area contributed by atoms with E-state index in [1.807, 2.05) is 0 Å². The molecule has 0 aromatic rings. The summed E-state index contributed by atoms with van der Waals surface area (Å²) < 4.78 is 10.1. The predicted molar refractivity (Wildman–Crippen MR) is 75.3 cm³/mol. The van der Waals surface area contributed by atoms with Crippen LogP contribution in [0.15, 0.2) is 0 Å². The fraction of sp³-hybridized carbons (Fsp3) is 0.857. The molecule has 0 aromatic heterocycles. The van der Waals surface area contributed by atoms with Gasteiger partial charge in [0.15, 0.2) is 6.04 Å². The lowest BCUT2D eigenvalue weighted by Crippen LogP contribution is -2.53. The smallest absolute Gasteiger partial charge is 0.410 e. The van der Waals surface area contributed by atoms with Gasteiger partial charge in [-0.1, -0.05) is 13.8 Å². The molecule has 6 nitrogen and oxygen atoms in total. The highest BCUT2D eigenvalue weighted by molar-refractivity contribution is 5.82. The van der Waals surface area contributed by atoms with E-state index in [0.29, 0.717) is 0 Å². The van der Waals surface area contributed by atoms with Gasteiger partial charge in [0.05, 0.1) is 12.7 Å². The second kappa shape index (κ2) is 7.47. The van der Waals surface area contributed by atoms with E-state index >= 15 is 0 Å². The molecule has 0 radical (unpaired) electrons. The molecule has 0 spiro atoms. The summed E-state index contributed by atoms with van der Waals surface area (Å²) in [4.78, 5) is 25.1. The van der Waals surface area contributed by atoms with Crippen molar-refractivity contribution in [3.8, 4) is 0 Å². The Kier molecular flexibility index (Phi) is 6.99. The minimum atomic E-state index is -1.08. The lowest BCUT2D eigenvalue weighted by molar-refractivity contribution is -0.154. The van der Waals surface area contributed by atoms with Gasteiger partial charge in [0, 0.05) is 7.05 Å². The number of nitrogens with zero attached hydrogens (tertiary/aromatic N) is 1. The lowest BCUT2D eigenvalue weighted by Gasteiger charge is -2.33. The number of rotatable bonds is 5. The van der Waals surface area contributed by atoms with Gasteiger partial charge in [0.2, 0.25) is 0 Å². The van der Waals surface area contributed by atoms with Crippen LogP contribution in [0.25, 0.3) is 0 Å². The molecule has 0 fully saturated rings. The van der Waals surface area contributed by atoms with E-state index in [1.165, 1.54) is 7.05 Å². The maximum atomic E-state index is 12.0. The van der Waals surface area contributed by atoms with Gasteiger partial charge in [-0.15, -0.1) is 0 Å². The zero-order chi connectivity index (χ0) is 16.1. The van der Waals surface area contributed by atoms with E-state index in [4.69, 9.17) is 9.47 Å². The zero-order valence-electron chi connectivity index (χ0n) is 13.5. The van der Waals surface area contributed by atoms with Gasteiger partial charge in [-0.2, -0.15) is 0 Å². The number of esters is 1. The highest BCUT2D eigenvalue weighted by Crippen LogP contribution is 2.17. The first-order valence-electron chi connectivity index (χ1n) is 6.81. The van der Waals surface area contributed by atoms with E-state index in [-0.39, 0.29) is 12.5 Å². The molecule has 0 aliphatic heterocycles. The Morgan fingerprint density at radius 2 is 1.75 bits per heavy atom. The predicted octanol–water partition coefficient (Wildman–Crippen LogP) is 1.80. The first-order chi connectivity index (χ1) is 9.01. The Labute approximate surface area is 121 Å². The molecule has 0 aliphatic carbocycles. The SMILES string of the molecule is CCOC(=O)C(C(O)C(C)C)N(C)C(=O)OC(C)(C)C. The molecule has 20 heavy (non-hydrogen) atoms. The van der Waals surface area contributed by atoms with Crippen LogP contribution >= 0.6 is 0 Å². The Hall–Kier alpha value is -1.30. The maximum absolute atomic E-state index is 12.0. The lowest BCUT2D eigenvalue weighted by atomic mass is 9.99. The van der Waals surface area contributed by atoms with Gasteiger partial charge < -0.3 is 14.6 Å². The molecular formula is C14H27NO5. The van der Waals surface area contributed by atoms with Crippen LogP contribution in [0.3, 0.4) is 0 Å². The van der Waals surface area contributed by atoms with E-state index in [1.54, 1.807) is 41.5 Å². The molecule has 2 atom stereocenters. The van der Waals surface area contributed by atoms with Crippen LogP contribution in [0.1, 0.15) is 41.5 Å². The van der Waals surface area contributed by atoms with Gasteiger partial charge >= 0.3 is 12.1 Å². The van der Waals surface area contributed by atoms with Crippen LogP contribution < -0.4 is 0 Å². The second-order valence-corrected chi connectivity index (χ2v) is 6.02. The van der Waals surface area contributed by atoms with Crippen molar-refractivity contribution in [1.82, 2.24) is 4.90 Å². The zero-order valence-corrected chi connectivity index (χ0v) is 13.5. The third kappa shape index (κ3) is 5.77. The number of ether oxygens (including phenoxy) is 2. The molecular weight excluding hydrogens is 262 g/mol. The summed E-state index contributed by atoms with van der Waals surface area (Å²) in [5, 5.41) is 10.2. The molecule has 0 bridgehead atoms. The minimum Gasteiger partial charge on any atom is -0.464 e. The van der Waals surface area contributed by atoms with Gasteiger partial charge in [0.25, 0.3) is 0 Å².